The van der Waals surface area contributed by atoms with Crippen molar-refractivity contribution in [2.24, 2.45) is 0 Å². The van der Waals surface area contributed by atoms with Gasteiger partial charge in [-0.05, 0) is 34.9 Å². The van der Waals surface area contributed by atoms with Crippen molar-refractivity contribution in [1.29, 1.82) is 0 Å². The summed E-state index contributed by atoms with van der Waals surface area (Å²) in [5.41, 5.74) is 2.74. The first-order valence-corrected chi connectivity index (χ1v) is 9.33. The Balaban J connectivity index is 1.32. The van der Waals surface area contributed by atoms with Gasteiger partial charge < -0.3 is 5.32 Å². The summed E-state index contributed by atoms with van der Waals surface area (Å²) in [6.45, 7) is 5.00. The topological polar surface area (TPSA) is 107 Å². The third kappa shape index (κ3) is 4.39. The van der Waals surface area contributed by atoms with Crippen LogP contribution in [0.4, 0.5) is 0 Å². The van der Waals surface area contributed by atoms with Crippen LogP contribution in [0.3, 0.4) is 0 Å². The molecule has 1 atom stereocenters. The van der Waals surface area contributed by atoms with Crippen molar-refractivity contribution in [1.82, 2.24) is 45.2 Å². The second-order valence-electron chi connectivity index (χ2n) is 7.07. The highest BCUT2D eigenvalue weighted by Crippen LogP contribution is 2.19. The first-order chi connectivity index (χ1) is 13.7. The largest absolute Gasteiger partial charge is 0.350 e. The summed E-state index contributed by atoms with van der Waals surface area (Å²) in [5.74, 6) is 0.559. The van der Waals surface area contributed by atoms with E-state index in [1.54, 1.807) is 15.7 Å². The summed E-state index contributed by atoms with van der Waals surface area (Å²) in [5, 5.41) is 18.9. The van der Waals surface area contributed by atoms with Gasteiger partial charge in [0.1, 0.15) is 19.2 Å². The monoisotopic (exact) mass is 381 g/mol. The molecule has 0 fully saturated rings. The van der Waals surface area contributed by atoms with Gasteiger partial charge in [0.25, 0.3) is 0 Å². The molecule has 0 saturated heterocycles. The zero-order valence-electron chi connectivity index (χ0n) is 15.8. The van der Waals surface area contributed by atoms with Gasteiger partial charge in [0, 0.05) is 19.1 Å². The van der Waals surface area contributed by atoms with Crippen LogP contribution in [0.2, 0.25) is 0 Å². The highest BCUT2D eigenvalue weighted by Gasteiger charge is 2.19. The Labute approximate surface area is 162 Å². The van der Waals surface area contributed by atoms with Gasteiger partial charge in [-0.3, -0.25) is 14.4 Å². The van der Waals surface area contributed by atoms with Gasteiger partial charge >= 0.3 is 0 Å². The molecular weight excluding hydrogens is 358 g/mol. The molecule has 1 aliphatic rings. The molecule has 1 unspecified atom stereocenters. The van der Waals surface area contributed by atoms with Crippen LogP contribution in [0.15, 0.2) is 36.9 Å². The zero-order valence-corrected chi connectivity index (χ0v) is 15.8. The zero-order chi connectivity index (χ0) is 19.3. The van der Waals surface area contributed by atoms with Gasteiger partial charge in [0.15, 0.2) is 5.82 Å². The first kappa shape index (κ1) is 18.2. The van der Waals surface area contributed by atoms with Crippen LogP contribution in [-0.4, -0.2) is 58.4 Å². The number of hydrogen-bond acceptors (Lipinski definition) is 7. The van der Waals surface area contributed by atoms with Crippen LogP contribution < -0.4 is 5.32 Å². The minimum absolute atomic E-state index is 0.0762. The fourth-order valence-electron chi connectivity index (χ4n) is 3.46. The van der Waals surface area contributed by atoms with Crippen molar-refractivity contribution in [2.75, 3.05) is 6.54 Å². The molecule has 146 valence electrons. The molecule has 2 aromatic heterocycles. The van der Waals surface area contributed by atoms with E-state index in [-0.39, 0.29) is 18.5 Å². The summed E-state index contributed by atoms with van der Waals surface area (Å²) < 4.78 is 3.25. The Morgan fingerprint density at radius 1 is 1.29 bits per heavy atom. The van der Waals surface area contributed by atoms with Crippen molar-refractivity contribution in [2.45, 2.75) is 45.6 Å². The number of aromatic nitrogens is 7. The summed E-state index contributed by atoms with van der Waals surface area (Å²) >= 11 is 0. The molecule has 1 N–H and O–H groups in total. The molecule has 10 heteroatoms. The fourth-order valence-corrected chi connectivity index (χ4v) is 3.46. The molecule has 10 nitrogen and oxygen atoms in total. The van der Waals surface area contributed by atoms with Gasteiger partial charge in [-0.25, -0.2) is 9.67 Å². The van der Waals surface area contributed by atoms with Crippen molar-refractivity contribution >= 4 is 5.91 Å². The Morgan fingerprint density at radius 2 is 2.14 bits per heavy atom. The number of rotatable bonds is 7. The quantitative estimate of drug-likeness (QED) is 0.615. The Morgan fingerprint density at radius 3 is 2.96 bits per heavy atom. The summed E-state index contributed by atoms with van der Waals surface area (Å²) in [6.07, 6.45) is 4.11. The van der Waals surface area contributed by atoms with E-state index in [0.717, 1.165) is 19.5 Å². The van der Waals surface area contributed by atoms with E-state index in [1.165, 1.54) is 17.5 Å². The minimum Gasteiger partial charge on any atom is -0.350 e. The van der Waals surface area contributed by atoms with Crippen LogP contribution in [0.1, 0.15) is 23.9 Å². The molecule has 3 heterocycles. The lowest BCUT2D eigenvalue weighted by Crippen LogP contribution is -2.38. The van der Waals surface area contributed by atoms with Gasteiger partial charge in [-0.1, -0.05) is 24.3 Å². The van der Waals surface area contributed by atoms with Crippen molar-refractivity contribution in [3.8, 4) is 0 Å². The SMILES string of the molecule is CC(Cn1cncn1)NC(=O)Cn1nnnc1CN1CCc2ccccc2C1. The Bertz CT molecular complexity index is 921. The predicted molar refractivity (Wildman–Crippen MR) is 99.7 cm³/mol. The molecule has 1 aromatic carbocycles. The maximum atomic E-state index is 12.4. The maximum absolute atomic E-state index is 12.4. The average Bonchev–Trinajstić information content (AvgIpc) is 3.34. The normalized spacial score (nSPS) is 15.2. The first-order valence-electron chi connectivity index (χ1n) is 9.33. The van der Waals surface area contributed by atoms with E-state index in [1.807, 2.05) is 6.92 Å². The van der Waals surface area contributed by atoms with Crippen LogP contribution in [0.5, 0.6) is 0 Å². The number of nitrogens with zero attached hydrogens (tertiary/aromatic N) is 8. The molecule has 0 saturated carbocycles. The van der Waals surface area contributed by atoms with Crippen LogP contribution in [0, 0.1) is 0 Å². The van der Waals surface area contributed by atoms with Gasteiger partial charge in [-0.2, -0.15) is 5.10 Å². The van der Waals surface area contributed by atoms with Crippen LogP contribution >= 0.6 is 0 Å². The molecule has 1 amide bonds. The molecule has 28 heavy (non-hydrogen) atoms. The summed E-state index contributed by atoms with van der Waals surface area (Å²) in [6, 6.07) is 8.41. The van der Waals surface area contributed by atoms with Crippen molar-refractivity contribution in [3.05, 3.63) is 53.9 Å². The number of benzene rings is 1. The molecular formula is C18H23N9O. The maximum Gasteiger partial charge on any atom is 0.242 e. The van der Waals surface area contributed by atoms with Gasteiger partial charge in [0.2, 0.25) is 5.91 Å². The van der Waals surface area contributed by atoms with E-state index in [2.05, 4.69) is 60.1 Å². The van der Waals surface area contributed by atoms with Crippen molar-refractivity contribution in [3.63, 3.8) is 0 Å². The molecule has 0 aliphatic carbocycles. The Kier molecular flexibility index (Phi) is 5.38. The molecule has 4 rings (SSSR count). The van der Waals surface area contributed by atoms with Crippen LogP contribution in [-0.2, 0) is 37.4 Å². The van der Waals surface area contributed by atoms with Crippen LogP contribution in [0.25, 0.3) is 0 Å². The molecule has 0 spiro atoms. The lowest BCUT2D eigenvalue weighted by Gasteiger charge is -2.28. The lowest BCUT2D eigenvalue weighted by molar-refractivity contribution is -0.122. The van der Waals surface area contributed by atoms with E-state index < -0.39 is 0 Å². The smallest absolute Gasteiger partial charge is 0.242 e. The third-order valence-corrected chi connectivity index (χ3v) is 4.81. The standard InChI is InChI=1S/C18H23N9O/c1-14(8-26-13-19-12-20-26)21-18(28)11-27-17(22-23-24-27)10-25-7-6-15-4-2-3-5-16(15)9-25/h2-5,12-14H,6-11H2,1H3,(H,21,28). The summed E-state index contributed by atoms with van der Waals surface area (Å²) in [7, 11) is 0. The van der Waals surface area contributed by atoms with E-state index >= 15 is 0 Å². The molecule has 1 aliphatic heterocycles. The number of fused-ring (bicyclic) bond motifs is 1. The van der Waals surface area contributed by atoms with Gasteiger partial charge in [-0.15, -0.1) is 5.10 Å². The summed E-state index contributed by atoms with van der Waals surface area (Å²) in [4.78, 5) is 18.6. The minimum atomic E-state index is -0.134. The second-order valence-corrected chi connectivity index (χ2v) is 7.07. The molecule has 0 radical (unpaired) electrons. The predicted octanol–water partition coefficient (Wildman–Crippen LogP) is 0.0278. The number of tetrazole rings is 1. The Hall–Kier alpha value is -3.14. The number of nitrogens with one attached hydrogen (secondary N) is 1. The number of carbonyl (C=O) groups is 1. The lowest BCUT2D eigenvalue weighted by atomic mass is 10.00. The molecule has 0 bridgehead atoms. The number of carbonyl (C=O) groups excluding carboxylic acids is 1. The van der Waals surface area contributed by atoms with E-state index in [9.17, 15) is 4.79 Å². The highest BCUT2D eigenvalue weighted by atomic mass is 16.2. The van der Waals surface area contributed by atoms with E-state index in [4.69, 9.17) is 0 Å². The number of hydrogen-bond donors (Lipinski definition) is 1. The fraction of sp³-hybridized carbons (Fsp3) is 0.444. The average molecular weight is 381 g/mol. The second kappa shape index (κ2) is 8.26. The molecule has 3 aromatic rings. The number of amides is 1. The highest BCUT2D eigenvalue weighted by molar-refractivity contribution is 5.75. The van der Waals surface area contributed by atoms with E-state index in [0.29, 0.717) is 18.9 Å². The van der Waals surface area contributed by atoms with Crippen molar-refractivity contribution < 1.29 is 4.79 Å². The van der Waals surface area contributed by atoms with Gasteiger partial charge in [0.05, 0.1) is 13.1 Å². The third-order valence-electron chi connectivity index (χ3n) is 4.81.